The zero-order chi connectivity index (χ0) is 25.8. The summed E-state index contributed by atoms with van der Waals surface area (Å²) < 4.78 is 7.06. The maximum Gasteiger partial charge on any atom is 0.269 e. The van der Waals surface area contributed by atoms with Gasteiger partial charge in [0.05, 0.1) is 11.3 Å². The molecule has 0 unspecified atom stereocenters. The fourth-order valence-electron chi connectivity index (χ4n) is 4.42. The number of nitrogens with one attached hydrogen (secondary N) is 3. The SMILES string of the molecule is CCc1cc(C(=O)N[C@@H]2C[C@@H](C(=O)NCCNC(C)=O)N(C(=O)c3coc4ccccc34)C2)n(C)n1. The van der Waals surface area contributed by atoms with Gasteiger partial charge in [0.15, 0.2) is 0 Å². The summed E-state index contributed by atoms with van der Waals surface area (Å²) in [5.41, 5.74) is 2.14. The molecule has 1 fully saturated rings. The van der Waals surface area contributed by atoms with Crippen LogP contribution in [0.15, 0.2) is 41.0 Å². The lowest BCUT2D eigenvalue weighted by atomic mass is 10.1. The van der Waals surface area contributed by atoms with Gasteiger partial charge in [-0.3, -0.25) is 23.9 Å². The van der Waals surface area contributed by atoms with Crippen LogP contribution in [0.1, 0.15) is 46.8 Å². The summed E-state index contributed by atoms with van der Waals surface area (Å²) in [5.74, 6) is -1.22. The van der Waals surface area contributed by atoms with Gasteiger partial charge in [0.2, 0.25) is 11.8 Å². The summed E-state index contributed by atoms with van der Waals surface area (Å²) in [4.78, 5) is 52.1. The smallest absolute Gasteiger partial charge is 0.269 e. The maximum atomic E-state index is 13.6. The van der Waals surface area contributed by atoms with Crippen LogP contribution in [0, 0.1) is 0 Å². The molecular weight excluding hydrogens is 464 g/mol. The Morgan fingerprint density at radius 1 is 1.14 bits per heavy atom. The molecule has 0 bridgehead atoms. The van der Waals surface area contributed by atoms with Crippen LogP contribution < -0.4 is 16.0 Å². The third-order valence-corrected chi connectivity index (χ3v) is 6.23. The molecule has 1 saturated heterocycles. The van der Waals surface area contributed by atoms with Crippen LogP contribution in [0.25, 0.3) is 11.0 Å². The van der Waals surface area contributed by atoms with Gasteiger partial charge in [-0.25, -0.2) is 0 Å². The highest BCUT2D eigenvalue weighted by molar-refractivity contribution is 6.07. The summed E-state index contributed by atoms with van der Waals surface area (Å²) in [6, 6.07) is 7.68. The predicted octanol–water partition coefficient (Wildman–Crippen LogP) is 0.994. The van der Waals surface area contributed by atoms with E-state index in [-0.39, 0.29) is 49.7 Å². The van der Waals surface area contributed by atoms with E-state index < -0.39 is 12.1 Å². The van der Waals surface area contributed by atoms with E-state index in [1.54, 1.807) is 25.2 Å². The van der Waals surface area contributed by atoms with Crippen molar-refractivity contribution in [2.75, 3.05) is 19.6 Å². The molecule has 0 spiro atoms. The first-order valence-corrected chi connectivity index (χ1v) is 11.9. The van der Waals surface area contributed by atoms with Gasteiger partial charge in [0.1, 0.15) is 23.6 Å². The van der Waals surface area contributed by atoms with Crippen LogP contribution in [0.3, 0.4) is 0 Å². The van der Waals surface area contributed by atoms with E-state index in [0.717, 1.165) is 5.69 Å². The first-order valence-electron chi connectivity index (χ1n) is 11.9. The Bertz CT molecular complexity index is 1300. The molecule has 2 atom stereocenters. The van der Waals surface area contributed by atoms with E-state index in [1.165, 1.54) is 22.8 Å². The van der Waals surface area contributed by atoms with Crippen LogP contribution in [-0.2, 0) is 23.1 Å². The van der Waals surface area contributed by atoms with Crippen molar-refractivity contribution in [2.45, 2.75) is 38.8 Å². The van der Waals surface area contributed by atoms with Crippen LogP contribution >= 0.6 is 0 Å². The molecule has 11 nitrogen and oxygen atoms in total. The fraction of sp³-hybridized carbons (Fsp3) is 0.400. The standard InChI is InChI=1S/C25H30N6O5/c1-4-16-11-20(30(3)29-16)24(34)28-17-12-21(23(33)27-10-9-26-15(2)32)31(13-17)25(35)19-14-36-22-8-6-5-7-18(19)22/h5-8,11,14,17,21H,4,9-10,12-13H2,1-3H3,(H,26,32)(H,27,33)(H,28,34)/t17-,21+/m1/s1. The lowest BCUT2D eigenvalue weighted by Crippen LogP contribution is -2.47. The van der Waals surface area contributed by atoms with Gasteiger partial charge in [-0.15, -0.1) is 0 Å². The van der Waals surface area contributed by atoms with Gasteiger partial charge in [0, 0.05) is 45.0 Å². The summed E-state index contributed by atoms with van der Waals surface area (Å²) in [7, 11) is 1.70. The number of benzene rings is 1. The topological polar surface area (TPSA) is 139 Å². The number of para-hydroxylation sites is 1. The quantitative estimate of drug-likeness (QED) is 0.399. The van der Waals surface area contributed by atoms with E-state index >= 15 is 0 Å². The molecule has 0 saturated carbocycles. The number of aromatic nitrogens is 2. The second kappa shape index (κ2) is 10.6. The molecule has 3 aromatic rings. The molecule has 3 N–H and O–H groups in total. The second-order valence-electron chi connectivity index (χ2n) is 8.80. The predicted molar refractivity (Wildman–Crippen MR) is 131 cm³/mol. The second-order valence-corrected chi connectivity index (χ2v) is 8.80. The maximum absolute atomic E-state index is 13.6. The van der Waals surface area contributed by atoms with Crippen molar-refractivity contribution in [3.63, 3.8) is 0 Å². The summed E-state index contributed by atoms with van der Waals surface area (Å²) in [5, 5.41) is 13.3. The zero-order valence-electron chi connectivity index (χ0n) is 20.5. The molecule has 1 aliphatic heterocycles. The molecule has 0 aliphatic carbocycles. The average Bonchev–Trinajstić information content (AvgIpc) is 3.57. The van der Waals surface area contributed by atoms with Gasteiger partial charge in [-0.05, 0) is 25.0 Å². The van der Waals surface area contributed by atoms with E-state index in [9.17, 15) is 19.2 Å². The number of furan rings is 1. The first-order chi connectivity index (χ1) is 17.3. The average molecular weight is 495 g/mol. The van der Waals surface area contributed by atoms with Crippen molar-refractivity contribution in [2.24, 2.45) is 7.05 Å². The third kappa shape index (κ3) is 5.24. The minimum absolute atomic E-state index is 0.159. The number of hydrogen-bond acceptors (Lipinski definition) is 6. The van der Waals surface area contributed by atoms with Gasteiger partial charge in [-0.1, -0.05) is 25.1 Å². The number of hydrogen-bond donors (Lipinski definition) is 3. The minimum Gasteiger partial charge on any atom is -0.463 e. The van der Waals surface area contributed by atoms with Crippen LogP contribution in [0.4, 0.5) is 0 Å². The number of aryl methyl sites for hydroxylation is 2. The Morgan fingerprint density at radius 3 is 2.61 bits per heavy atom. The molecule has 36 heavy (non-hydrogen) atoms. The normalized spacial score (nSPS) is 17.2. The van der Waals surface area contributed by atoms with Crippen molar-refractivity contribution in [3.05, 3.63) is 53.5 Å². The highest BCUT2D eigenvalue weighted by Gasteiger charge is 2.41. The molecule has 1 aliphatic rings. The Kier molecular flexibility index (Phi) is 7.37. The third-order valence-electron chi connectivity index (χ3n) is 6.23. The molecule has 4 amide bonds. The molecule has 0 radical (unpaired) electrons. The first kappa shape index (κ1) is 25.0. The van der Waals surface area contributed by atoms with E-state index in [1.807, 2.05) is 19.1 Å². The van der Waals surface area contributed by atoms with Crippen LogP contribution in [0.5, 0.6) is 0 Å². The lowest BCUT2D eigenvalue weighted by molar-refractivity contribution is -0.125. The number of likely N-dealkylation sites (tertiary alicyclic amines) is 1. The van der Waals surface area contributed by atoms with Crippen LogP contribution in [0.2, 0.25) is 0 Å². The van der Waals surface area contributed by atoms with Crippen molar-refractivity contribution in [1.82, 2.24) is 30.6 Å². The fourth-order valence-corrected chi connectivity index (χ4v) is 4.42. The van der Waals surface area contributed by atoms with Crippen molar-refractivity contribution >= 4 is 34.6 Å². The molecule has 1 aromatic carbocycles. The monoisotopic (exact) mass is 494 g/mol. The highest BCUT2D eigenvalue weighted by atomic mass is 16.3. The van der Waals surface area contributed by atoms with Gasteiger partial charge in [0.25, 0.3) is 11.8 Å². The number of rotatable bonds is 8. The van der Waals surface area contributed by atoms with E-state index in [2.05, 4.69) is 21.0 Å². The van der Waals surface area contributed by atoms with Crippen molar-refractivity contribution in [1.29, 1.82) is 0 Å². The molecule has 4 rings (SSSR count). The number of carbonyl (C=O) groups excluding carboxylic acids is 4. The lowest BCUT2D eigenvalue weighted by Gasteiger charge is -2.23. The van der Waals surface area contributed by atoms with Crippen molar-refractivity contribution in [3.8, 4) is 0 Å². The highest BCUT2D eigenvalue weighted by Crippen LogP contribution is 2.27. The number of amides is 4. The molecular formula is C25H30N6O5. The molecule has 3 heterocycles. The molecule has 11 heteroatoms. The molecule has 190 valence electrons. The van der Waals surface area contributed by atoms with Gasteiger partial charge >= 0.3 is 0 Å². The van der Waals surface area contributed by atoms with E-state index in [0.29, 0.717) is 28.6 Å². The van der Waals surface area contributed by atoms with E-state index in [4.69, 9.17) is 4.42 Å². The summed E-state index contributed by atoms with van der Waals surface area (Å²) in [6.45, 7) is 4.00. The largest absolute Gasteiger partial charge is 0.463 e. The Morgan fingerprint density at radius 2 is 1.89 bits per heavy atom. The minimum atomic E-state index is -0.800. The Balaban J connectivity index is 1.52. The van der Waals surface area contributed by atoms with Gasteiger partial charge in [-0.2, -0.15) is 5.10 Å². The number of nitrogens with zero attached hydrogens (tertiary/aromatic N) is 3. The Hall–Kier alpha value is -4.15. The number of carbonyl (C=O) groups is 4. The number of fused-ring (bicyclic) bond motifs is 1. The zero-order valence-corrected chi connectivity index (χ0v) is 20.5. The van der Waals surface area contributed by atoms with Crippen LogP contribution in [-0.4, -0.2) is 70.0 Å². The Labute approximate surface area is 208 Å². The summed E-state index contributed by atoms with van der Waals surface area (Å²) >= 11 is 0. The van der Waals surface area contributed by atoms with Crippen molar-refractivity contribution < 1.29 is 23.6 Å². The summed E-state index contributed by atoms with van der Waals surface area (Å²) in [6.07, 6.45) is 2.34. The van der Waals surface area contributed by atoms with Gasteiger partial charge < -0.3 is 25.3 Å². The molecule has 2 aromatic heterocycles.